The topological polar surface area (TPSA) is 49.3 Å². The van der Waals surface area contributed by atoms with E-state index in [2.05, 4.69) is 27.0 Å². The number of methoxy groups -OCH3 is 1. The van der Waals surface area contributed by atoms with Gasteiger partial charge in [-0.05, 0) is 44.7 Å². The Balaban J connectivity index is 0.00000312. The molecule has 0 radical (unpaired) electrons. The van der Waals surface area contributed by atoms with E-state index in [4.69, 9.17) is 9.47 Å². The maximum absolute atomic E-state index is 5.94. The first-order chi connectivity index (χ1) is 11.8. The maximum Gasteiger partial charge on any atom is 0.193 e. The zero-order valence-electron chi connectivity index (χ0n) is 16.2. The minimum Gasteiger partial charge on any atom is -0.385 e. The van der Waals surface area contributed by atoms with Crippen molar-refractivity contribution in [1.82, 2.24) is 15.1 Å². The number of rotatable bonds is 8. The zero-order chi connectivity index (χ0) is 17.2. The molecule has 148 valence electrons. The number of guanidine groups is 1. The van der Waals surface area contributed by atoms with Gasteiger partial charge < -0.3 is 24.6 Å². The summed E-state index contributed by atoms with van der Waals surface area (Å²) in [4.78, 5) is 9.39. The third kappa shape index (κ3) is 7.97. The van der Waals surface area contributed by atoms with Crippen molar-refractivity contribution in [1.29, 1.82) is 0 Å². The van der Waals surface area contributed by atoms with Gasteiger partial charge in [-0.1, -0.05) is 6.92 Å². The van der Waals surface area contributed by atoms with Crippen LogP contribution >= 0.6 is 24.0 Å². The van der Waals surface area contributed by atoms with Gasteiger partial charge in [0, 0.05) is 53.6 Å². The van der Waals surface area contributed by atoms with Crippen molar-refractivity contribution in [3.63, 3.8) is 0 Å². The summed E-state index contributed by atoms with van der Waals surface area (Å²) in [6.07, 6.45) is 4.84. The first kappa shape index (κ1) is 22.9. The molecular weight excluding hydrogens is 431 g/mol. The number of nitrogens with zero attached hydrogens (tertiary/aromatic N) is 3. The van der Waals surface area contributed by atoms with E-state index >= 15 is 0 Å². The second-order valence-corrected chi connectivity index (χ2v) is 6.88. The molecule has 0 spiro atoms. The molecule has 0 aromatic heterocycles. The lowest BCUT2D eigenvalue weighted by molar-refractivity contribution is 0.00989. The van der Waals surface area contributed by atoms with E-state index in [-0.39, 0.29) is 24.0 Å². The van der Waals surface area contributed by atoms with Crippen molar-refractivity contribution in [3.8, 4) is 0 Å². The summed E-state index contributed by atoms with van der Waals surface area (Å²) in [7, 11) is 3.63. The minimum absolute atomic E-state index is 0. The number of ether oxygens (including phenoxy) is 2. The van der Waals surface area contributed by atoms with Crippen molar-refractivity contribution in [2.24, 2.45) is 10.9 Å². The molecule has 1 unspecified atom stereocenters. The molecule has 0 aromatic carbocycles. The number of piperidine rings is 1. The van der Waals surface area contributed by atoms with E-state index < -0.39 is 0 Å². The van der Waals surface area contributed by atoms with Gasteiger partial charge in [-0.2, -0.15) is 0 Å². The van der Waals surface area contributed by atoms with E-state index in [9.17, 15) is 0 Å². The molecule has 1 atom stereocenters. The fourth-order valence-corrected chi connectivity index (χ4v) is 3.62. The fourth-order valence-electron chi connectivity index (χ4n) is 3.62. The molecular formula is C18H37IN4O2. The first-order valence-electron chi connectivity index (χ1n) is 9.55. The molecule has 7 heteroatoms. The maximum atomic E-state index is 5.94. The molecule has 25 heavy (non-hydrogen) atoms. The quantitative estimate of drug-likeness (QED) is 0.256. The summed E-state index contributed by atoms with van der Waals surface area (Å²) in [6, 6.07) is 0. The number of halogens is 1. The van der Waals surface area contributed by atoms with Crippen molar-refractivity contribution in [2.75, 3.05) is 66.6 Å². The highest BCUT2D eigenvalue weighted by Gasteiger charge is 2.24. The van der Waals surface area contributed by atoms with Gasteiger partial charge in [0.1, 0.15) is 0 Å². The molecule has 2 rings (SSSR count). The molecule has 2 saturated heterocycles. The standard InChI is InChI=1S/C18H36N4O2.HI/c1-4-21-9-6-16(15-21)14-20-18(19-2)22-10-7-17(8-11-22)24-13-5-12-23-3;/h16-17H,4-15H2,1-3H3,(H,19,20);1H. The van der Waals surface area contributed by atoms with Gasteiger partial charge in [-0.15, -0.1) is 24.0 Å². The van der Waals surface area contributed by atoms with E-state index in [1.54, 1.807) is 7.11 Å². The summed E-state index contributed by atoms with van der Waals surface area (Å²) in [5, 5.41) is 3.59. The molecule has 0 bridgehead atoms. The lowest BCUT2D eigenvalue weighted by atomic mass is 10.1. The molecule has 0 aliphatic carbocycles. The Morgan fingerprint density at radius 3 is 2.52 bits per heavy atom. The van der Waals surface area contributed by atoms with E-state index in [1.807, 2.05) is 7.05 Å². The molecule has 2 aliphatic heterocycles. The van der Waals surface area contributed by atoms with Crippen LogP contribution in [0.5, 0.6) is 0 Å². The van der Waals surface area contributed by atoms with Crippen LogP contribution in [-0.4, -0.2) is 88.5 Å². The van der Waals surface area contributed by atoms with Crippen LogP contribution in [0.1, 0.15) is 32.6 Å². The minimum atomic E-state index is 0. The Morgan fingerprint density at radius 1 is 1.16 bits per heavy atom. The Hall–Kier alpha value is -0.120. The number of hydrogen-bond acceptors (Lipinski definition) is 4. The predicted octanol–water partition coefficient (Wildman–Crippen LogP) is 2.04. The monoisotopic (exact) mass is 468 g/mol. The predicted molar refractivity (Wildman–Crippen MR) is 114 cm³/mol. The van der Waals surface area contributed by atoms with Gasteiger partial charge in [0.05, 0.1) is 6.10 Å². The Bertz CT molecular complexity index is 376. The highest BCUT2D eigenvalue weighted by molar-refractivity contribution is 14.0. The van der Waals surface area contributed by atoms with Crippen LogP contribution in [0.4, 0.5) is 0 Å². The summed E-state index contributed by atoms with van der Waals surface area (Å²) >= 11 is 0. The number of aliphatic imine (C=N–C) groups is 1. The largest absolute Gasteiger partial charge is 0.385 e. The Kier molecular flexibility index (Phi) is 12.0. The molecule has 0 saturated carbocycles. The fraction of sp³-hybridized carbons (Fsp3) is 0.944. The molecule has 1 N–H and O–H groups in total. The second kappa shape index (κ2) is 13.1. The molecule has 0 amide bonds. The van der Waals surface area contributed by atoms with Crippen molar-refractivity contribution >= 4 is 29.9 Å². The Morgan fingerprint density at radius 2 is 1.92 bits per heavy atom. The van der Waals surface area contributed by atoms with E-state index in [1.165, 1.54) is 26.1 Å². The zero-order valence-corrected chi connectivity index (χ0v) is 18.5. The highest BCUT2D eigenvalue weighted by atomic mass is 127. The normalized spacial score (nSPS) is 22.9. The summed E-state index contributed by atoms with van der Waals surface area (Å²) in [6.45, 7) is 10.6. The second-order valence-electron chi connectivity index (χ2n) is 6.88. The average Bonchev–Trinajstić information content (AvgIpc) is 3.08. The van der Waals surface area contributed by atoms with Crippen LogP contribution in [0.15, 0.2) is 4.99 Å². The lowest BCUT2D eigenvalue weighted by Gasteiger charge is -2.34. The smallest absolute Gasteiger partial charge is 0.193 e. The van der Waals surface area contributed by atoms with Gasteiger partial charge in [0.25, 0.3) is 0 Å². The molecule has 2 fully saturated rings. The van der Waals surface area contributed by atoms with Crippen LogP contribution in [0.3, 0.4) is 0 Å². The average molecular weight is 468 g/mol. The van der Waals surface area contributed by atoms with Crippen molar-refractivity contribution < 1.29 is 9.47 Å². The number of likely N-dealkylation sites (tertiary alicyclic amines) is 2. The lowest BCUT2D eigenvalue weighted by Crippen LogP contribution is -2.48. The van der Waals surface area contributed by atoms with Gasteiger partial charge in [0.2, 0.25) is 0 Å². The van der Waals surface area contributed by atoms with E-state index in [0.717, 1.165) is 64.0 Å². The van der Waals surface area contributed by atoms with Crippen LogP contribution in [0.2, 0.25) is 0 Å². The van der Waals surface area contributed by atoms with Gasteiger partial charge >= 0.3 is 0 Å². The number of hydrogen-bond donors (Lipinski definition) is 1. The van der Waals surface area contributed by atoms with Crippen LogP contribution in [-0.2, 0) is 9.47 Å². The molecule has 2 aliphatic rings. The van der Waals surface area contributed by atoms with Crippen LogP contribution < -0.4 is 5.32 Å². The summed E-state index contributed by atoms with van der Waals surface area (Å²) < 4.78 is 11.0. The summed E-state index contributed by atoms with van der Waals surface area (Å²) in [5.41, 5.74) is 0. The number of nitrogens with one attached hydrogen (secondary N) is 1. The van der Waals surface area contributed by atoms with Crippen LogP contribution in [0.25, 0.3) is 0 Å². The molecule has 2 heterocycles. The van der Waals surface area contributed by atoms with Gasteiger partial charge in [-0.25, -0.2) is 0 Å². The van der Waals surface area contributed by atoms with Crippen molar-refractivity contribution in [2.45, 2.75) is 38.7 Å². The first-order valence-corrected chi connectivity index (χ1v) is 9.55. The summed E-state index contributed by atoms with van der Waals surface area (Å²) in [5.74, 6) is 1.81. The Labute approximate surface area is 170 Å². The third-order valence-corrected chi connectivity index (χ3v) is 5.17. The molecule has 0 aromatic rings. The third-order valence-electron chi connectivity index (χ3n) is 5.17. The SMILES string of the molecule is CCN1CCC(CNC(=NC)N2CCC(OCCCOC)CC2)C1.I. The van der Waals surface area contributed by atoms with Crippen molar-refractivity contribution in [3.05, 3.63) is 0 Å². The molecule has 6 nitrogen and oxygen atoms in total. The van der Waals surface area contributed by atoms with Crippen LogP contribution in [0, 0.1) is 5.92 Å². The van der Waals surface area contributed by atoms with Gasteiger partial charge in [-0.3, -0.25) is 4.99 Å². The highest BCUT2D eigenvalue weighted by Crippen LogP contribution is 2.16. The van der Waals surface area contributed by atoms with E-state index in [0.29, 0.717) is 6.10 Å². The van der Waals surface area contributed by atoms with Gasteiger partial charge in [0.15, 0.2) is 5.96 Å².